The van der Waals surface area contributed by atoms with E-state index in [0.717, 1.165) is 51.4 Å². The van der Waals surface area contributed by atoms with Gasteiger partial charge in [0.1, 0.15) is 0 Å². The van der Waals surface area contributed by atoms with Crippen molar-refractivity contribution in [2.75, 3.05) is 0 Å². The molecule has 0 saturated heterocycles. The fourth-order valence-corrected chi connectivity index (χ4v) is 7.24. The number of nitro groups is 1. The van der Waals surface area contributed by atoms with Crippen LogP contribution < -0.4 is 10.6 Å². The maximum atomic E-state index is 12.9. The Morgan fingerprint density at radius 2 is 1.07 bits per heavy atom. The molecule has 0 aromatic carbocycles. The van der Waals surface area contributed by atoms with Crippen LogP contribution in [0.3, 0.4) is 0 Å². The Morgan fingerprint density at radius 3 is 1.55 bits per heavy atom. The summed E-state index contributed by atoms with van der Waals surface area (Å²) >= 11 is 0. The Kier molecular flexibility index (Phi) is 10.4. The normalized spacial score (nSPS) is 36.6. The molecule has 4 fully saturated rings. The van der Waals surface area contributed by atoms with E-state index in [9.17, 15) is 39.5 Å². The van der Waals surface area contributed by atoms with E-state index >= 15 is 0 Å². The molecule has 0 aliphatic heterocycles. The van der Waals surface area contributed by atoms with E-state index in [2.05, 4.69) is 10.6 Å². The van der Waals surface area contributed by atoms with Crippen molar-refractivity contribution < 1.29 is 39.1 Å². The molecule has 2 amide bonds. The van der Waals surface area contributed by atoms with Gasteiger partial charge in [0.15, 0.2) is 0 Å². The lowest BCUT2D eigenvalue weighted by molar-refractivity contribution is -0.528. The summed E-state index contributed by atoms with van der Waals surface area (Å²) in [6.07, 6.45) is 9.56. The highest BCUT2D eigenvalue weighted by molar-refractivity contribution is 5.85. The number of carboxylic acid groups (broad SMARTS) is 2. The summed E-state index contributed by atoms with van der Waals surface area (Å²) in [6, 6.07) is -0.940. The number of hydrogen-bond acceptors (Lipinski definition) is 7. The molecule has 0 heterocycles. The van der Waals surface area contributed by atoms with Crippen LogP contribution in [0.2, 0.25) is 0 Å². The van der Waals surface area contributed by atoms with Crippen LogP contribution in [0.15, 0.2) is 0 Å². The first kappa shape index (κ1) is 30.2. The number of aliphatic carboxylic acids is 2. The summed E-state index contributed by atoms with van der Waals surface area (Å²) in [7, 11) is 0. The molecule has 4 saturated carbocycles. The maximum absolute atomic E-state index is 12.9. The van der Waals surface area contributed by atoms with Crippen LogP contribution in [0, 0.1) is 33.8 Å². The molecule has 0 bridgehead atoms. The zero-order valence-corrected chi connectivity index (χ0v) is 23.0. The Balaban J connectivity index is 1.16. The van der Waals surface area contributed by atoms with Crippen molar-refractivity contribution in [3.05, 3.63) is 10.1 Å². The van der Waals surface area contributed by atoms with Gasteiger partial charge in [0.05, 0.1) is 35.9 Å². The fraction of sp³-hybridized carbons (Fsp3) is 0.857. The van der Waals surface area contributed by atoms with Gasteiger partial charge in [-0.25, -0.2) is 0 Å². The summed E-state index contributed by atoms with van der Waals surface area (Å²) in [5.74, 6) is -5.30. The van der Waals surface area contributed by atoms with E-state index in [1.165, 1.54) is 0 Å². The second-order valence-electron chi connectivity index (χ2n) is 12.2. The summed E-state index contributed by atoms with van der Waals surface area (Å²) < 4.78 is 6.35. The van der Waals surface area contributed by atoms with Gasteiger partial charge in [-0.1, -0.05) is 12.8 Å². The molecular weight excluding hydrogens is 522 g/mol. The van der Waals surface area contributed by atoms with Crippen LogP contribution in [0.1, 0.15) is 96.3 Å². The quantitative estimate of drug-likeness (QED) is 0.241. The van der Waals surface area contributed by atoms with E-state index in [1.807, 2.05) is 0 Å². The lowest BCUT2D eigenvalue weighted by Crippen LogP contribution is -2.48. The number of ether oxygens (including phenoxy) is 1. The number of carboxylic acids is 2. The standard InChI is InChI=1S/C28H43N3O9/c32-25(21-3-1-2-4-22(21)27(34)35)29-16-5-10-19(11-6-16)40-20-12-7-17(8-13-20)30-26(33)24-15-18(31(38)39)9-14-23(24)28(36)37/h16-24H,1-15H2,(H,29,32)(H,30,33)(H,34,35)(H,36,37). The van der Waals surface area contributed by atoms with E-state index in [4.69, 9.17) is 4.74 Å². The first-order valence-electron chi connectivity index (χ1n) is 15.0. The molecule has 12 heteroatoms. The Hall–Kier alpha value is -2.76. The third kappa shape index (κ3) is 7.70. The predicted octanol–water partition coefficient (Wildman–Crippen LogP) is 2.90. The highest BCUT2D eigenvalue weighted by Gasteiger charge is 2.44. The molecule has 0 aromatic heterocycles. The molecule has 0 radical (unpaired) electrons. The minimum atomic E-state index is -1.08. The highest BCUT2D eigenvalue weighted by Crippen LogP contribution is 2.34. The largest absolute Gasteiger partial charge is 0.481 e. The molecule has 0 spiro atoms. The van der Waals surface area contributed by atoms with Gasteiger partial charge >= 0.3 is 11.9 Å². The molecular formula is C28H43N3O9. The van der Waals surface area contributed by atoms with Gasteiger partial charge in [0.25, 0.3) is 0 Å². The first-order chi connectivity index (χ1) is 19.1. The second-order valence-corrected chi connectivity index (χ2v) is 12.2. The second kappa shape index (κ2) is 13.7. The summed E-state index contributed by atoms with van der Waals surface area (Å²) in [5, 5.41) is 36.3. The van der Waals surface area contributed by atoms with Crippen molar-refractivity contribution in [1.29, 1.82) is 0 Å². The number of nitrogens with zero attached hydrogens (tertiary/aromatic N) is 1. The third-order valence-electron chi connectivity index (χ3n) is 9.62. The Bertz CT molecular complexity index is 943. The maximum Gasteiger partial charge on any atom is 0.307 e. The molecule has 5 unspecified atom stereocenters. The minimum absolute atomic E-state index is 0.0407. The van der Waals surface area contributed by atoms with E-state index in [0.29, 0.717) is 25.7 Å². The van der Waals surface area contributed by atoms with Gasteiger partial charge in [0.2, 0.25) is 17.9 Å². The molecule has 0 aromatic rings. The van der Waals surface area contributed by atoms with E-state index < -0.39 is 52.5 Å². The summed E-state index contributed by atoms with van der Waals surface area (Å²) in [5.41, 5.74) is 0. The first-order valence-corrected chi connectivity index (χ1v) is 15.0. The average Bonchev–Trinajstić information content (AvgIpc) is 2.94. The van der Waals surface area contributed by atoms with E-state index in [-0.39, 0.29) is 49.5 Å². The van der Waals surface area contributed by atoms with Gasteiger partial charge in [0, 0.05) is 29.8 Å². The van der Waals surface area contributed by atoms with Gasteiger partial charge in [-0.3, -0.25) is 29.3 Å². The van der Waals surface area contributed by atoms with Crippen LogP contribution in [0.4, 0.5) is 0 Å². The number of amides is 2. The van der Waals surface area contributed by atoms with Crippen molar-refractivity contribution in [3.63, 3.8) is 0 Å². The van der Waals surface area contributed by atoms with Gasteiger partial charge < -0.3 is 25.6 Å². The van der Waals surface area contributed by atoms with Gasteiger partial charge in [-0.05, 0) is 70.6 Å². The number of rotatable bonds is 9. The SMILES string of the molecule is O=C(O)C1CCCCC1C(=O)NC1CCC(OC2CCC(NC(=O)C3CC([N+](=O)[O-])CCC3C(=O)O)CC2)CC1. The number of carbonyl (C=O) groups is 4. The molecule has 40 heavy (non-hydrogen) atoms. The lowest BCUT2D eigenvalue weighted by atomic mass is 9.76. The monoisotopic (exact) mass is 565 g/mol. The van der Waals surface area contributed by atoms with Crippen molar-refractivity contribution in [3.8, 4) is 0 Å². The average molecular weight is 566 g/mol. The summed E-state index contributed by atoms with van der Waals surface area (Å²) in [4.78, 5) is 59.7. The smallest absolute Gasteiger partial charge is 0.307 e. The lowest BCUT2D eigenvalue weighted by Gasteiger charge is -2.36. The third-order valence-corrected chi connectivity index (χ3v) is 9.62. The highest BCUT2D eigenvalue weighted by atomic mass is 16.6. The van der Waals surface area contributed by atoms with Gasteiger partial charge in [-0.2, -0.15) is 0 Å². The molecule has 4 N–H and O–H groups in total. The molecule has 5 atom stereocenters. The summed E-state index contributed by atoms with van der Waals surface area (Å²) in [6.45, 7) is 0. The van der Waals surface area contributed by atoms with Crippen LogP contribution in [-0.4, -0.2) is 69.2 Å². The van der Waals surface area contributed by atoms with Crippen LogP contribution in [0.25, 0.3) is 0 Å². The minimum Gasteiger partial charge on any atom is -0.481 e. The number of carbonyl (C=O) groups excluding carboxylic acids is 2. The van der Waals surface area contributed by atoms with Crippen molar-refractivity contribution >= 4 is 23.8 Å². The molecule has 4 aliphatic rings. The Labute approximate surface area is 234 Å². The van der Waals surface area contributed by atoms with Crippen LogP contribution in [0.5, 0.6) is 0 Å². The van der Waals surface area contributed by atoms with Crippen molar-refractivity contribution in [2.45, 2.75) is 127 Å². The number of hydrogen-bond donors (Lipinski definition) is 4. The number of nitrogens with one attached hydrogen (secondary N) is 2. The molecule has 4 rings (SSSR count). The Morgan fingerprint density at radius 1 is 0.625 bits per heavy atom. The molecule has 4 aliphatic carbocycles. The van der Waals surface area contributed by atoms with E-state index in [1.54, 1.807) is 0 Å². The molecule has 12 nitrogen and oxygen atoms in total. The zero-order valence-electron chi connectivity index (χ0n) is 23.0. The van der Waals surface area contributed by atoms with Crippen LogP contribution >= 0.6 is 0 Å². The molecule has 224 valence electrons. The van der Waals surface area contributed by atoms with Crippen molar-refractivity contribution in [1.82, 2.24) is 10.6 Å². The predicted molar refractivity (Wildman–Crippen MR) is 142 cm³/mol. The van der Waals surface area contributed by atoms with Crippen LogP contribution in [-0.2, 0) is 23.9 Å². The topological polar surface area (TPSA) is 185 Å². The van der Waals surface area contributed by atoms with Gasteiger partial charge in [-0.15, -0.1) is 0 Å². The van der Waals surface area contributed by atoms with Crippen molar-refractivity contribution in [2.24, 2.45) is 23.7 Å². The fourth-order valence-electron chi connectivity index (χ4n) is 7.24. The zero-order chi connectivity index (χ0) is 28.8.